The molecule has 0 atom stereocenters. The van der Waals surface area contributed by atoms with Crippen molar-refractivity contribution in [2.45, 2.75) is 13.3 Å². The highest BCUT2D eigenvalue weighted by Crippen LogP contribution is 2.15. The van der Waals surface area contributed by atoms with Crippen LogP contribution in [0.5, 0.6) is 5.88 Å². The van der Waals surface area contributed by atoms with Gasteiger partial charge in [-0.15, -0.1) is 16.4 Å². The Morgan fingerprint density at radius 1 is 1.53 bits per heavy atom. The van der Waals surface area contributed by atoms with Crippen molar-refractivity contribution in [3.8, 4) is 11.9 Å². The molecule has 0 aliphatic rings. The summed E-state index contributed by atoms with van der Waals surface area (Å²) in [4.78, 5) is 5.35. The summed E-state index contributed by atoms with van der Waals surface area (Å²) in [6.45, 7) is 2.44. The Bertz CT molecular complexity index is 546. The van der Waals surface area contributed by atoms with Crippen LogP contribution >= 0.6 is 11.3 Å². The molecule has 0 aliphatic heterocycles. The second kappa shape index (κ2) is 5.37. The van der Waals surface area contributed by atoms with Crippen molar-refractivity contribution in [1.29, 1.82) is 5.26 Å². The van der Waals surface area contributed by atoms with E-state index in [1.54, 1.807) is 17.4 Å². The molecule has 5 nitrogen and oxygen atoms in total. The van der Waals surface area contributed by atoms with Gasteiger partial charge in [-0.2, -0.15) is 10.4 Å². The lowest BCUT2D eigenvalue weighted by Crippen LogP contribution is -2.04. The zero-order chi connectivity index (χ0) is 12.1. The van der Waals surface area contributed by atoms with Crippen LogP contribution in [0.1, 0.15) is 16.1 Å². The third kappa shape index (κ3) is 2.77. The molecule has 0 N–H and O–H groups in total. The summed E-state index contributed by atoms with van der Waals surface area (Å²) in [5.74, 6) is 0.289. The van der Waals surface area contributed by atoms with Crippen molar-refractivity contribution in [3.05, 3.63) is 33.9 Å². The van der Waals surface area contributed by atoms with E-state index in [0.29, 0.717) is 12.2 Å². The van der Waals surface area contributed by atoms with Crippen LogP contribution in [-0.2, 0) is 6.42 Å². The van der Waals surface area contributed by atoms with Gasteiger partial charge in [0.15, 0.2) is 0 Å². The maximum Gasteiger partial charge on any atom is 0.251 e. The van der Waals surface area contributed by atoms with E-state index in [-0.39, 0.29) is 5.88 Å². The van der Waals surface area contributed by atoms with E-state index >= 15 is 0 Å². The zero-order valence-electron chi connectivity index (χ0n) is 9.25. The number of nitriles is 1. The molecule has 0 unspecified atom stereocenters. The van der Waals surface area contributed by atoms with E-state index in [4.69, 9.17) is 10.00 Å². The number of hydrogen-bond donors (Lipinski definition) is 0. The number of aryl methyl sites for hydroxylation is 1. The van der Waals surface area contributed by atoms with Crippen LogP contribution in [-0.4, -0.2) is 21.8 Å². The zero-order valence-corrected chi connectivity index (χ0v) is 10.1. The Kier molecular flexibility index (Phi) is 3.62. The molecular weight excluding hydrogens is 236 g/mol. The van der Waals surface area contributed by atoms with Crippen LogP contribution in [0, 0.1) is 18.3 Å². The molecule has 0 aliphatic carbocycles. The maximum atomic E-state index is 8.84. The topological polar surface area (TPSA) is 71.7 Å². The molecule has 2 rings (SSSR count). The molecule has 2 heterocycles. The lowest BCUT2D eigenvalue weighted by atomic mass is 10.3. The van der Waals surface area contributed by atoms with Gasteiger partial charge < -0.3 is 4.74 Å². The predicted octanol–water partition coefficient (Wildman–Crippen LogP) is 1.73. The lowest BCUT2D eigenvalue weighted by molar-refractivity contribution is 0.305. The van der Waals surface area contributed by atoms with Gasteiger partial charge in [0.1, 0.15) is 11.6 Å². The summed E-state index contributed by atoms with van der Waals surface area (Å²) >= 11 is 1.60. The first-order chi connectivity index (χ1) is 8.31. The molecule has 17 heavy (non-hydrogen) atoms. The molecule has 0 saturated heterocycles. The van der Waals surface area contributed by atoms with Gasteiger partial charge in [0.05, 0.1) is 24.0 Å². The van der Waals surface area contributed by atoms with Gasteiger partial charge in [-0.25, -0.2) is 4.98 Å². The second-order valence-corrected chi connectivity index (χ2v) is 4.26. The van der Waals surface area contributed by atoms with Gasteiger partial charge in [0.2, 0.25) is 0 Å². The van der Waals surface area contributed by atoms with E-state index in [1.165, 1.54) is 11.1 Å². The van der Waals surface area contributed by atoms with E-state index in [0.717, 1.165) is 12.1 Å². The van der Waals surface area contributed by atoms with Crippen molar-refractivity contribution >= 4 is 11.3 Å². The summed E-state index contributed by atoms with van der Waals surface area (Å²) < 4.78 is 5.44. The molecule has 0 aromatic carbocycles. The largest absolute Gasteiger partial charge is 0.475 e. The molecule has 0 spiro atoms. The van der Waals surface area contributed by atoms with Crippen molar-refractivity contribution in [2.24, 2.45) is 0 Å². The minimum absolute atomic E-state index is 0.289. The van der Waals surface area contributed by atoms with Crippen LogP contribution < -0.4 is 4.74 Å². The standard InChI is InChI=1S/C11H10N4OS/c1-8-10(17-7-13-8)3-5-16-11-9(6-12)2-4-14-15-11/h2,4,7H,3,5H2,1H3. The van der Waals surface area contributed by atoms with Gasteiger partial charge in [-0.1, -0.05) is 0 Å². The number of nitrogens with zero attached hydrogens (tertiary/aromatic N) is 4. The van der Waals surface area contributed by atoms with Crippen molar-refractivity contribution in [2.75, 3.05) is 6.61 Å². The molecule has 2 aromatic rings. The van der Waals surface area contributed by atoms with E-state index in [2.05, 4.69) is 15.2 Å². The summed E-state index contributed by atoms with van der Waals surface area (Å²) in [6.07, 6.45) is 2.23. The van der Waals surface area contributed by atoms with Crippen LogP contribution in [0.2, 0.25) is 0 Å². The first-order valence-corrected chi connectivity index (χ1v) is 5.93. The van der Waals surface area contributed by atoms with Gasteiger partial charge >= 0.3 is 0 Å². The molecule has 0 fully saturated rings. The summed E-state index contributed by atoms with van der Waals surface area (Å²) in [5.41, 5.74) is 3.24. The quantitative estimate of drug-likeness (QED) is 0.821. The first-order valence-electron chi connectivity index (χ1n) is 5.05. The van der Waals surface area contributed by atoms with Crippen LogP contribution in [0.4, 0.5) is 0 Å². The number of hydrogen-bond acceptors (Lipinski definition) is 6. The van der Waals surface area contributed by atoms with Crippen LogP contribution in [0.25, 0.3) is 0 Å². The Morgan fingerprint density at radius 3 is 3.12 bits per heavy atom. The Morgan fingerprint density at radius 2 is 2.41 bits per heavy atom. The van der Waals surface area contributed by atoms with E-state index in [9.17, 15) is 0 Å². The second-order valence-electron chi connectivity index (χ2n) is 3.32. The molecule has 0 bridgehead atoms. The Hall–Kier alpha value is -2.00. The number of ether oxygens (including phenoxy) is 1. The van der Waals surface area contributed by atoms with Crippen molar-refractivity contribution in [3.63, 3.8) is 0 Å². The fourth-order valence-corrected chi connectivity index (χ4v) is 2.08. The molecule has 86 valence electrons. The van der Waals surface area contributed by atoms with Crippen molar-refractivity contribution < 1.29 is 4.74 Å². The lowest BCUT2D eigenvalue weighted by Gasteiger charge is -2.04. The highest BCUT2D eigenvalue weighted by atomic mass is 32.1. The van der Waals surface area contributed by atoms with Gasteiger partial charge in [-0.3, -0.25) is 0 Å². The molecular formula is C11H10N4OS. The van der Waals surface area contributed by atoms with Crippen LogP contribution in [0.15, 0.2) is 17.8 Å². The normalized spacial score (nSPS) is 9.88. The fourth-order valence-electron chi connectivity index (χ4n) is 1.32. The Balaban J connectivity index is 1.95. The van der Waals surface area contributed by atoms with Crippen molar-refractivity contribution in [1.82, 2.24) is 15.2 Å². The Labute approximate surface area is 103 Å². The first kappa shape index (κ1) is 11.5. The summed E-state index contributed by atoms with van der Waals surface area (Å²) in [5, 5.41) is 16.3. The predicted molar refractivity (Wildman–Crippen MR) is 62.8 cm³/mol. The van der Waals surface area contributed by atoms with Gasteiger partial charge in [-0.05, 0) is 13.0 Å². The minimum atomic E-state index is 0.289. The minimum Gasteiger partial charge on any atom is -0.475 e. The molecule has 0 amide bonds. The molecule has 0 radical (unpaired) electrons. The average Bonchev–Trinajstić information content (AvgIpc) is 2.76. The van der Waals surface area contributed by atoms with E-state index in [1.807, 2.05) is 18.5 Å². The molecule has 6 heteroatoms. The highest BCUT2D eigenvalue weighted by molar-refractivity contribution is 7.09. The highest BCUT2D eigenvalue weighted by Gasteiger charge is 2.06. The van der Waals surface area contributed by atoms with Gasteiger partial charge in [0, 0.05) is 11.3 Å². The molecule has 0 saturated carbocycles. The summed E-state index contributed by atoms with van der Waals surface area (Å²) in [6, 6.07) is 3.60. The summed E-state index contributed by atoms with van der Waals surface area (Å²) in [7, 11) is 0. The number of thiazole rings is 1. The monoisotopic (exact) mass is 246 g/mol. The van der Waals surface area contributed by atoms with Crippen LogP contribution in [0.3, 0.4) is 0 Å². The molecule has 2 aromatic heterocycles. The fraction of sp³-hybridized carbons (Fsp3) is 0.273. The average molecular weight is 246 g/mol. The SMILES string of the molecule is Cc1ncsc1CCOc1nnccc1C#N. The maximum absolute atomic E-state index is 8.84. The van der Waals surface area contributed by atoms with E-state index < -0.39 is 0 Å². The number of rotatable bonds is 4. The van der Waals surface area contributed by atoms with Gasteiger partial charge in [0.25, 0.3) is 5.88 Å². The smallest absolute Gasteiger partial charge is 0.251 e. The third-order valence-corrected chi connectivity index (χ3v) is 3.21. The third-order valence-electron chi connectivity index (χ3n) is 2.22. The number of aromatic nitrogens is 3.